The number of halogens is 1. The Morgan fingerprint density at radius 1 is 1.67 bits per heavy atom. The summed E-state index contributed by atoms with van der Waals surface area (Å²) >= 11 is 5.61. The lowest BCUT2D eigenvalue weighted by molar-refractivity contribution is -0.384. The Hall–Kier alpha value is -2.09. The summed E-state index contributed by atoms with van der Waals surface area (Å²) in [5.74, 6) is -1.27. The molecule has 0 aromatic carbocycles. The molecule has 0 aliphatic heterocycles. The first-order valence-corrected chi connectivity index (χ1v) is 5.22. The second-order valence-corrected chi connectivity index (χ2v) is 3.76. The van der Waals surface area contributed by atoms with Crippen molar-refractivity contribution in [2.45, 2.75) is 5.38 Å². The van der Waals surface area contributed by atoms with Crippen molar-refractivity contribution >= 4 is 29.2 Å². The zero-order valence-corrected chi connectivity index (χ0v) is 10.1. The number of rotatable bonds is 5. The third kappa shape index (κ3) is 3.45. The predicted molar refractivity (Wildman–Crippen MR) is 61.4 cm³/mol. The van der Waals surface area contributed by atoms with Crippen LogP contribution >= 0.6 is 11.6 Å². The van der Waals surface area contributed by atoms with Crippen LogP contribution in [-0.4, -0.2) is 40.8 Å². The molecule has 2 N–H and O–H groups in total. The van der Waals surface area contributed by atoms with Gasteiger partial charge in [-0.25, -0.2) is 0 Å². The Morgan fingerprint density at radius 2 is 2.33 bits per heavy atom. The van der Waals surface area contributed by atoms with Crippen molar-refractivity contribution in [2.75, 3.05) is 13.7 Å². The van der Waals surface area contributed by atoms with E-state index in [0.717, 1.165) is 12.3 Å². The van der Waals surface area contributed by atoms with Crippen LogP contribution in [0, 0.1) is 10.1 Å². The lowest BCUT2D eigenvalue weighted by Crippen LogP contribution is -2.34. The van der Waals surface area contributed by atoms with E-state index in [9.17, 15) is 19.7 Å². The van der Waals surface area contributed by atoms with Crippen LogP contribution in [0.1, 0.15) is 10.5 Å². The van der Waals surface area contributed by atoms with Gasteiger partial charge in [0.2, 0.25) is 0 Å². The van der Waals surface area contributed by atoms with E-state index in [2.05, 4.69) is 15.0 Å². The minimum atomic E-state index is -1.01. The third-order valence-corrected chi connectivity index (χ3v) is 2.35. The molecule has 0 aliphatic rings. The van der Waals surface area contributed by atoms with Crippen molar-refractivity contribution in [2.24, 2.45) is 0 Å². The summed E-state index contributed by atoms with van der Waals surface area (Å²) in [6.07, 6.45) is 1.09. The van der Waals surface area contributed by atoms with Gasteiger partial charge in [0.25, 0.3) is 11.6 Å². The number of esters is 1. The first-order chi connectivity index (χ1) is 8.45. The molecule has 0 radical (unpaired) electrons. The van der Waals surface area contributed by atoms with E-state index >= 15 is 0 Å². The molecule has 0 bridgehead atoms. The van der Waals surface area contributed by atoms with E-state index in [-0.39, 0.29) is 17.9 Å². The highest BCUT2D eigenvalue weighted by Gasteiger charge is 2.19. The van der Waals surface area contributed by atoms with Gasteiger partial charge >= 0.3 is 5.97 Å². The highest BCUT2D eigenvalue weighted by molar-refractivity contribution is 6.30. The SMILES string of the molecule is COC(=O)C(Cl)CNC(=O)c1cc([N+](=O)[O-])c[nH]1. The molecule has 0 saturated carbocycles. The summed E-state index contributed by atoms with van der Waals surface area (Å²) in [6.45, 7) is -0.139. The summed E-state index contributed by atoms with van der Waals surface area (Å²) in [4.78, 5) is 34.7. The minimum absolute atomic E-state index is 0.00966. The molecule has 8 nitrogen and oxygen atoms in total. The highest BCUT2D eigenvalue weighted by atomic mass is 35.5. The Labute approximate surface area is 106 Å². The Morgan fingerprint density at radius 3 is 2.83 bits per heavy atom. The number of nitro groups is 1. The summed E-state index contributed by atoms with van der Waals surface area (Å²) < 4.78 is 4.37. The average molecular weight is 276 g/mol. The van der Waals surface area contributed by atoms with E-state index in [0.29, 0.717) is 0 Å². The first-order valence-electron chi connectivity index (χ1n) is 4.78. The number of nitrogens with zero attached hydrogens (tertiary/aromatic N) is 1. The van der Waals surface area contributed by atoms with E-state index < -0.39 is 22.2 Å². The summed E-state index contributed by atoms with van der Waals surface area (Å²) in [5.41, 5.74) is -0.217. The van der Waals surface area contributed by atoms with Crippen LogP contribution < -0.4 is 5.32 Å². The van der Waals surface area contributed by atoms with Gasteiger partial charge in [-0.05, 0) is 0 Å². The quantitative estimate of drug-likeness (QED) is 0.350. The van der Waals surface area contributed by atoms with Gasteiger partial charge in [-0.15, -0.1) is 11.6 Å². The van der Waals surface area contributed by atoms with Gasteiger partial charge in [0, 0.05) is 12.6 Å². The molecule has 1 rings (SSSR count). The topological polar surface area (TPSA) is 114 Å². The number of H-pyrrole nitrogens is 1. The fourth-order valence-corrected chi connectivity index (χ4v) is 1.27. The Bertz CT molecular complexity index is 473. The number of ether oxygens (including phenoxy) is 1. The number of aromatic nitrogens is 1. The van der Waals surface area contributed by atoms with Gasteiger partial charge < -0.3 is 15.0 Å². The van der Waals surface area contributed by atoms with E-state index in [1.807, 2.05) is 0 Å². The molecule has 1 unspecified atom stereocenters. The van der Waals surface area contributed by atoms with Crippen LogP contribution in [0.15, 0.2) is 12.3 Å². The average Bonchev–Trinajstić information content (AvgIpc) is 2.84. The van der Waals surface area contributed by atoms with Gasteiger partial charge in [-0.2, -0.15) is 0 Å². The van der Waals surface area contributed by atoms with Gasteiger partial charge in [-0.3, -0.25) is 19.7 Å². The minimum Gasteiger partial charge on any atom is -0.468 e. The normalized spacial score (nSPS) is 11.7. The predicted octanol–water partition coefficient (Wildman–Crippen LogP) is 0.433. The highest BCUT2D eigenvalue weighted by Crippen LogP contribution is 2.11. The van der Waals surface area contributed by atoms with Crippen LogP contribution in [-0.2, 0) is 9.53 Å². The van der Waals surface area contributed by atoms with Crippen molar-refractivity contribution in [1.82, 2.24) is 10.3 Å². The number of carbonyl (C=O) groups is 2. The molecule has 0 spiro atoms. The van der Waals surface area contributed by atoms with E-state index in [1.54, 1.807) is 0 Å². The lowest BCUT2D eigenvalue weighted by atomic mass is 10.3. The van der Waals surface area contributed by atoms with Crippen molar-refractivity contribution in [1.29, 1.82) is 0 Å². The van der Waals surface area contributed by atoms with Crippen molar-refractivity contribution in [3.05, 3.63) is 28.1 Å². The zero-order chi connectivity index (χ0) is 13.7. The van der Waals surface area contributed by atoms with Gasteiger partial charge in [-0.1, -0.05) is 0 Å². The fraction of sp³-hybridized carbons (Fsp3) is 0.333. The fourth-order valence-electron chi connectivity index (χ4n) is 1.11. The van der Waals surface area contributed by atoms with Gasteiger partial charge in [0.05, 0.1) is 18.2 Å². The van der Waals surface area contributed by atoms with Crippen molar-refractivity contribution < 1.29 is 19.2 Å². The summed E-state index contributed by atoms with van der Waals surface area (Å²) in [5, 5.41) is 11.7. The number of hydrogen-bond donors (Lipinski definition) is 2. The van der Waals surface area contributed by atoms with Crippen LogP contribution in [0.2, 0.25) is 0 Å². The summed E-state index contributed by atoms with van der Waals surface area (Å²) in [7, 11) is 1.17. The van der Waals surface area contributed by atoms with E-state index in [4.69, 9.17) is 11.6 Å². The molecule has 0 fully saturated rings. The number of methoxy groups -OCH3 is 1. The van der Waals surface area contributed by atoms with Crippen LogP contribution in [0.4, 0.5) is 5.69 Å². The summed E-state index contributed by atoms with van der Waals surface area (Å²) in [6, 6.07) is 1.08. The molecule has 0 aliphatic carbocycles. The van der Waals surface area contributed by atoms with Gasteiger partial charge in [0.1, 0.15) is 11.1 Å². The number of amides is 1. The molecule has 1 aromatic heterocycles. The lowest BCUT2D eigenvalue weighted by Gasteiger charge is -2.07. The van der Waals surface area contributed by atoms with Crippen molar-refractivity contribution in [3.8, 4) is 0 Å². The molecular formula is C9H10ClN3O5. The second-order valence-electron chi connectivity index (χ2n) is 3.23. The van der Waals surface area contributed by atoms with Crippen LogP contribution in [0.25, 0.3) is 0 Å². The number of alkyl halides is 1. The standard InChI is InChI=1S/C9H10ClN3O5/c1-18-9(15)6(10)4-12-8(14)7-2-5(3-11-7)13(16)17/h2-3,6,11H,4H2,1H3,(H,12,14). The maximum atomic E-state index is 11.5. The molecule has 1 atom stereocenters. The number of carbonyl (C=O) groups excluding carboxylic acids is 2. The largest absolute Gasteiger partial charge is 0.468 e. The Balaban J connectivity index is 2.55. The number of hydrogen-bond acceptors (Lipinski definition) is 5. The molecular weight excluding hydrogens is 266 g/mol. The first kappa shape index (κ1) is 14.0. The maximum Gasteiger partial charge on any atom is 0.325 e. The second kappa shape index (κ2) is 6.01. The van der Waals surface area contributed by atoms with E-state index in [1.165, 1.54) is 7.11 Å². The van der Waals surface area contributed by atoms with Crippen LogP contribution in [0.5, 0.6) is 0 Å². The molecule has 0 saturated heterocycles. The van der Waals surface area contributed by atoms with Crippen molar-refractivity contribution in [3.63, 3.8) is 0 Å². The number of nitrogens with one attached hydrogen (secondary N) is 2. The molecule has 18 heavy (non-hydrogen) atoms. The number of aromatic amines is 1. The molecule has 9 heteroatoms. The zero-order valence-electron chi connectivity index (χ0n) is 9.31. The maximum absolute atomic E-state index is 11.5. The molecule has 1 heterocycles. The molecule has 98 valence electrons. The molecule has 1 amide bonds. The monoisotopic (exact) mass is 275 g/mol. The third-order valence-electron chi connectivity index (χ3n) is 2.02. The van der Waals surface area contributed by atoms with Crippen LogP contribution in [0.3, 0.4) is 0 Å². The molecule has 1 aromatic rings. The smallest absolute Gasteiger partial charge is 0.325 e. The Kier molecular flexibility index (Phi) is 4.67. The van der Waals surface area contributed by atoms with Gasteiger partial charge in [0.15, 0.2) is 0 Å².